The molecule has 0 aromatic carbocycles. The van der Waals surface area contributed by atoms with E-state index < -0.39 is 0 Å². The molecule has 2 fully saturated rings. The highest BCUT2D eigenvalue weighted by Gasteiger charge is 2.64. The summed E-state index contributed by atoms with van der Waals surface area (Å²) in [5.74, 6) is 4.58. The third-order valence-electron chi connectivity index (χ3n) is 7.18. The number of fused-ring (bicyclic) bond motifs is 1. The van der Waals surface area contributed by atoms with Crippen molar-refractivity contribution in [3.05, 3.63) is 0 Å². The van der Waals surface area contributed by atoms with Crippen LogP contribution in [-0.2, 0) is 0 Å². The van der Waals surface area contributed by atoms with Gasteiger partial charge in [0.25, 0.3) is 0 Å². The molecule has 0 saturated heterocycles. The summed E-state index contributed by atoms with van der Waals surface area (Å²) < 4.78 is 0. The molecule has 0 aromatic rings. The molecule has 88 valence electrons. The van der Waals surface area contributed by atoms with Crippen molar-refractivity contribution in [2.45, 2.75) is 54.9 Å². The maximum absolute atomic E-state index is 2.56. The van der Waals surface area contributed by atoms with Crippen LogP contribution in [0.1, 0.15) is 54.9 Å². The van der Waals surface area contributed by atoms with Crippen LogP contribution in [0.25, 0.3) is 0 Å². The van der Waals surface area contributed by atoms with Gasteiger partial charge in [-0.1, -0.05) is 48.5 Å². The number of hydrogen-bond donors (Lipinski definition) is 0. The number of rotatable bonds is 0. The first-order chi connectivity index (χ1) is 6.74. The fourth-order valence-electron chi connectivity index (χ4n) is 4.92. The van der Waals surface area contributed by atoms with E-state index in [1.807, 2.05) is 0 Å². The average Bonchev–Trinajstić information content (AvgIpc) is 2.19. The molecule has 2 rings (SSSR count). The van der Waals surface area contributed by atoms with Gasteiger partial charge in [0.1, 0.15) is 0 Å². The van der Waals surface area contributed by atoms with Crippen LogP contribution >= 0.6 is 0 Å². The Hall–Kier alpha value is 0. The highest BCUT2D eigenvalue weighted by molar-refractivity contribution is 5.12. The van der Waals surface area contributed by atoms with Crippen LogP contribution in [0, 0.1) is 40.4 Å². The van der Waals surface area contributed by atoms with Crippen LogP contribution < -0.4 is 0 Å². The fourth-order valence-corrected chi connectivity index (χ4v) is 4.92. The zero-order valence-corrected chi connectivity index (χ0v) is 11.6. The summed E-state index contributed by atoms with van der Waals surface area (Å²) in [5, 5.41) is 0. The molecule has 2 saturated carbocycles. The molecule has 2 aliphatic carbocycles. The third-order valence-corrected chi connectivity index (χ3v) is 7.18. The first-order valence-electron chi connectivity index (χ1n) is 6.74. The van der Waals surface area contributed by atoms with Crippen LogP contribution in [0.4, 0.5) is 0 Å². The van der Waals surface area contributed by atoms with Crippen molar-refractivity contribution >= 4 is 0 Å². The van der Waals surface area contributed by atoms with E-state index in [4.69, 9.17) is 0 Å². The standard InChI is InChI=1S/C15H28/c1-9-8-13-11(3)10(2)12(4)14(5,6)15(9,13)7/h9-13H,8H2,1-7H3. The smallest absolute Gasteiger partial charge is 0.0215 e. The van der Waals surface area contributed by atoms with Crippen molar-refractivity contribution in [2.24, 2.45) is 40.4 Å². The lowest BCUT2D eigenvalue weighted by atomic mass is 9.35. The highest BCUT2D eigenvalue weighted by Crippen LogP contribution is 2.70. The quantitative estimate of drug-likeness (QED) is 0.546. The van der Waals surface area contributed by atoms with Gasteiger partial charge in [0.05, 0.1) is 0 Å². The van der Waals surface area contributed by atoms with Crippen molar-refractivity contribution < 1.29 is 0 Å². The highest BCUT2D eigenvalue weighted by atomic mass is 14.7. The van der Waals surface area contributed by atoms with Gasteiger partial charge in [-0.2, -0.15) is 0 Å². The predicted molar refractivity (Wildman–Crippen MR) is 66.7 cm³/mol. The van der Waals surface area contributed by atoms with Gasteiger partial charge in [0.15, 0.2) is 0 Å². The zero-order chi connectivity index (χ0) is 11.6. The zero-order valence-electron chi connectivity index (χ0n) is 11.6. The molecule has 0 aliphatic heterocycles. The summed E-state index contributed by atoms with van der Waals surface area (Å²) >= 11 is 0. The van der Waals surface area contributed by atoms with Crippen molar-refractivity contribution in [2.75, 3.05) is 0 Å². The normalized spacial score (nSPS) is 58.2. The lowest BCUT2D eigenvalue weighted by Crippen LogP contribution is -2.64. The largest absolute Gasteiger partial charge is 0.0620 e. The molecule has 0 nitrogen and oxygen atoms in total. The molecule has 15 heavy (non-hydrogen) atoms. The second kappa shape index (κ2) is 3.02. The van der Waals surface area contributed by atoms with Gasteiger partial charge in [-0.05, 0) is 46.8 Å². The van der Waals surface area contributed by atoms with E-state index in [-0.39, 0.29) is 0 Å². The summed E-state index contributed by atoms with van der Waals surface area (Å²) in [4.78, 5) is 0. The molecule has 0 amide bonds. The monoisotopic (exact) mass is 208 g/mol. The van der Waals surface area contributed by atoms with E-state index in [1.165, 1.54) is 6.42 Å². The fraction of sp³-hybridized carbons (Fsp3) is 1.00. The van der Waals surface area contributed by atoms with E-state index in [0.29, 0.717) is 10.8 Å². The maximum Gasteiger partial charge on any atom is -0.0215 e. The molecule has 6 unspecified atom stereocenters. The SMILES string of the molecule is CC1C(C)C2CC(C)C2(C)C(C)(C)C1C. The Bertz CT molecular complexity index is 265. The Balaban J connectivity index is 2.40. The van der Waals surface area contributed by atoms with Gasteiger partial charge in [0, 0.05) is 0 Å². The van der Waals surface area contributed by atoms with Crippen molar-refractivity contribution in [1.82, 2.24) is 0 Å². The van der Waals surface area contributed by atoms with Crippen LogP contribution in [0.2, 0.25) is 0 Å². The molecule has 2 aliphatic rings. The topological polar surface area (TPSA) is 0 Å². The minimum atomic E-state index is 0.515. The van der Waals surface area contributed by atoms with Crippen LogP contribution in [0.15, 0.2) is 0 Å². The Morgan fingerprint density at radius 3 is 1.87 bits per heavy atom. The summed E-state index contributed by atoms with van der Waals surface area (Å²) in [6.07, 6.45) is 1.47. The van der Waals surface area contributed by atoms with E-state index in [2.05, 4.69) is 48.5 Å². The lowest BCUT2D eigenvalue weighted by molar-refractivity contribution is -0.219. The summed E-state index contributed by atoms with van der Waals surface area (Å²) in [6.45, 7) is 17.5. The van der Waals surface area contributed by atoms with Crippen molar-refractivity contribution in [3.8, 4) is 0 Å². The van der Waals surface area contributed by atoms with Crippen LogP contribution in [0.5, 0.6) is 0 Å². The van der Waals surface area contributed by atoms with E-state index in [1.54, 1.807) is 0 Å². The molecular formula is C15H28. The third kappa shape index (κ3) is 1.09. The predicted octanol–water partition coefficient (Wildman–Crippen LogP) is 4.60. The second-order valence-corrected chi connectivity index (χ2v) is 7.25. The Morgan fingerprint density at radius 2 is 1.40 bits per heavy atom. The average molecular weight is 208 g/mol. The molecule has 0 bridgehead atoms. The van der Waals surface area contributed by atoms with Crippen molar-refractivity contribution in [1.29, 1.82) is 0 Å². The van der Waals surface area contributed by atoms with E-state index >= 15 is 0 Å². The van der Waals surface area contributed by atoms with Gasteiger partial charge in [0.2, 0.25) is 0 Å². The molecule has 0 radical (unpaired) electrons. The molecule has 0 spiro atoms. The molecule has 6 atom stereocenters. The minimum Gasteiger partial charge on any atom is -0.0620 e. The van der Waals surface area contributed by atoms with Gasteiger partial charge >= 0.3 is 0 Å². The Morgan fingerprint density at radius 1 is 0.867 bits per heavy atom. The summed E-state index contributed by atoms with van der Waals surface area (Å²) in [7, 11) is 0. The van der Waals surface area contributed by atoms with Gasteiger partial charge in [-0.25, -0.2) is 0 Å². The molecule has 0 aromatic heterocycles. The van der Waals surface area contributed by atoms with Crippen molar-refractivity contribution in [3.63, 3.8) is 0 Å². The summed E-state index contributed by atoms with van der Waals surface area (Å²) in [5.41, 5.74) is 1.11. The summed E-state index contributed by atoms with van der Waals surface area (Å²) in [6, 6.07) is 0. The Labute approximate surface area is 95.8 Å². The molecular weight excluding hydrogens is 180 g/mol. The minimum absolute atomic E-state index is 0.515. The lowest BCUT2D eigenvalue weighted by Gasteiger charge is -2.70. The van der Waals surface area contributed by atoms with Crippen LogP contribution in [0.3, 0.4) is 0 Å². The first-order valence-corrected chi connectivity index (χ1v) is 6.74. The first kappa shape index (κ1) is 11.5. The Kier molecular flexibility index (Phi) is 2.31. The van der Waals surface area contributed by atoms with Gasteiger partial charge in [-0.3, -0.25) is 0 Å². The van der Waals surface area contributed by atoms with Gasteiger partial charge in [-0.15, -0.1) is 0 Å². The van der Waals surface area contributed by atoms with Gasteiger partial charge < -0.3 is 0 Å². The molecule has 0 heterocycles. The second-order valence-electron chi connectivity index (χ2n) is 7.25. The van der Waals surface area contributed by atoms with Crippen LogP contribution in [-0.4, -0.2) is 0 Å². The maximum atomic E-state index is 2.56. The van der Waals surface area contributed by atoms with E-state index in [9.17, 15) is 0 Å². The van der Waals surface area contributed by atoms with E-state index in [0.717, 1.165) is 29.6 Å². The number of hydrogen-bond acceptors (Lipinski definition) is 0. The molecule has 0 heteroatoms. The molecule has 0 N–H and O–H groups in total.